The topological polar surface area (TPSA) is 37.3 Å². The largest absolute Gasteiger partial charge is 0.416 e. The van der Waals surface area contributed by atoms with E-state index in [1.165, 1.54) is 12.1 Å². The second kappa shape index (κ2) is 8.69. The van der Waals surface area contributed by atoms with E-state index < -0.39 is 11.7 Å². The number of rotatable bonds is 4. The molecule has 170 valence electrons. The van der Waals surface area contributed by atoms with Crippen LogP contribution in [0.3, 0.4) is 0 Å². The van der Waals surface area contributed by atoms with Crippen LogP contribution >= 0.6 is 0 Å². The van der Waals surface area contributed by atoms with Crippen LogP contribution in [0.4, 0.5) is 18.9 Å². The number of halogens is 3. The maximum Gasteiger partial charge on any atom is 0.416 e. The fraction of sp³-hybridized carbons (Fsp3) is 0.542. The normalized spacial score (nSPS) is 16.5. The van der Waals surface area contributed by atoms with Crippen LogP contribution in [0.5, 0.6) is 0 Å². The van der Waals surface area contributed by atoms with E-state index in [-0.39, 0.29) is 17.0 Å². The number of hydrogen-bond acceptors (Lipinski definition) is 2. The van der Waals surface area contributed by atoms with Crippen LogP contribution in [-0.2, 0) is 11.6 Å². The highest BCUT2D eigenvalue weighted by Gasteiger charge is 2.32. The zero-order valence-corrected chi connectivity index (χ0v) is 18.9. The van der Waals surface area contributed by atoms with E-state index >= 15 is 0 Å². The summed E-state index contributed by atoms with van der Waals surface area (Å²) in [5.41, 5.74) is 1.65. The number of amides is 1. The number of aromatic nitrogens is 1. The Morgan fingerprint density at radius 2 is 1.77 bits per heavy atom. The average molecular weight is 436 g/mol. The summed E-state index contributed by atoms with van der Waals surface area (Å²) in [4.78, 5) is 15.5. The van der Waals surface area contributed by atoms with Crippen molar-refractivity contribution in [3.8, 4) is 0 Å². The summed E-state index contributed by atoms with van der Waals surface area (Å²) < 4.78 is 41.3. The summed E-state index contributed by atoms with van der Waals surface area (Å²) in [7, 11) is 0. The molecule has 0 atom stereocenters. The molecule has 1 aliphatic heterocycles. The lowest BCUT2D eigenvalue weighted by Gasteiger charge is -2.35. The van der Waals surface area contributed by atoms with Crippen molar-refractivity contribution < 1.29 is 18.0 Å². The molecule has 1 aromatic heterocycles. The van der Waals surface area contributed by atoms with Crippen LogP contribution in [0.25, 0.3) is 0 Å². The Kier molecular flexibility index (Phi) is 6.56. The number of piperidine rings is 1. The first-order valence-electron chi connectivity index (χ1n) is 10.8. The van der Waals surface area contributed by atoms with Gasteiger partial charge in [-0.25, -0.2) is 0 Å². The number of benzene rings is 1. The van der Waals surface area contributed by atoms with Crippen molar-refractivity contribution in [3.05, 3.63) is 52.8 Å². The second-order valence-corrected chi connectivity index (χ2v) is 9.35. The summed E-state index contributed by atoms with van der Waals surface area (Å²) in [6.07, 6.45) is -2.42. The SMILES string of the molecule is CCN1CCC(n2c(C(C)(C)C)cc(C(=O)Nc3cccc(C(F)(F)F)c3)c2C)CC1. The molecule has 2 aromatic rings. The minimum Gasteiger partial charge on any atom is -0.344 e. The molecule has 1 saturated heterocycles. The molecule has 1 fully saturated rings. The summed E-state index contributed by atoms with van der Waals surface area (Å²) in [6, 6.07) is 6.97. The van der Waals surface area contributed by atoms with Gasteiger partial charge in [0.15, 0.2) is 0 Å². The first-order chi connectivity index (χ1) is 14.4. The van der Waals surface area contributed by atoms with Crippen LogP contribution in [0, 0.1) is 6.92 Å². The molecule has 31 heavy (non-hydrogen) atoms. The molecule has 3 rings (SSSR count). The van der Waals surface area contributed by atoms with Gasteiger partial charge < -0.3 is 14.8 Å². The summed E-state index contributed by atoms with van der Waals surface area (Å²) in [5.74, 6) is -0.382. The number of alkyl halides is 3. The number of carbonyl (C=O) groups excluding carboxylic acids is 1. The molecule has 1 aliphatic rings. The Balaban J connectivity index is 1.91. The number of nitrogens with one attached hydrogen (secondary N) is 1. The number of anilines is 1. The van der Waals surface area contributed by atoms with Gasteiger partial charge in [0.05, 0.1) is 11.1 Å². The van der Waals surface area contributed by atoms with Gasteiger partial charge in [0.1, 0.15) is 0 Å². The zero-order valence-electron chi connectivity index (χ0n) is 18.9. The van der Waals surface area contributed by atoms with E-state index in [0.29, 0.717) is 11.6 Å². The summed E-state index contributed by atoms with van der Waals surface area (Å²) in [6.45, 7) is 13.5. The molecule has 4 nitrogen and oxygen atoms in total. The first-order valence-corrected chi connectivity index (χ1v) is 10.8. The maximum absolute atomic E-state index is 13.1. The van der Waals surface area contributed by atoms with Crippen LogP contribution in [-0.4, -0.2) is 35.0 Å². The molecule has 0 radical (unpaired) electrons. The number of nitrogens with zero attached hydrogens (tertiary/aromatic N) is 2. The summed E-state index contributed by atoms with van der Waals surface area (Å²) >= 11 is 0. The highest BCUT2D eigenvalue weighted by Crippen LogP contribution is 2.35. The molecule has 0 saturated carbocycles. The van der Waals surface area contributed by atoms with E-state index in [4.69, 9.17) is 0 Å². The Labute approximate surface area is 182 Å². The Bertz CT molecular complexity index is 933. The van der Waals surface area contributed by atoms with Gasteiger partial charge in [-0.05, 0) is 50.6 Å². The van der Waals surface area contributed by atoms with Crippen LogP contribution < -0.4 is 5.32 Å². The predicted molar refractivity (Wildman–Crippen MR) is 118 cm³/mol. The van der Waals surface area contributed by atoms with Crippen molar-refractivity contribution in [2.45, 2.75) is 65.1 Å². The zero-order chi connectivity index (χ0) is 23.0. The Morgan fingerprint density at radius 1 is 1.13 bits per heavy atom. The number of likely N-dealkylation sites (tertiary alicyclic amines) is 1. The van der Waals surface area contributed by atoms with Crippen molar-refractivity contribution in [3.63, 3.8) is 0 Å². The lowest BCUT2D eigenvalue weighted by atomic mass is 9.91. The standard InChI is InChI=1S/C24H32F3N3O/c1-6-29-12-10-19(11-13-29)30-16(2)20(15-21(30)23(3,4)5)22(31)28-18-9-7-8-17(14-18)24(25,26)27/h7-9,14-15,19H,6,10-13H2,1-5H3,(H,28,31). The highest BCUT2D eigenvalue weighted by molar-refractivity contribution is 6.05. The lowest BCUT2D eigenvalue weighted by molar-refractivity contribution is -0.137. The minimum atomic E-state index is -4.45. The smallest absolute Gasteiger partial charge is 0.344 e. The fourth-order valence-electron chi connectivity index (χ4n) is 4.36. The van der Waals surface area contributed by atoms with E-state index in [0.717, 1.165) is 56.0 Å². The first kappa shape index (κ1) is 23.4. The van der Waals surface area contributed by atoms with Crippen molar-refractivity contribution in [1.82, 2.24) is 9.47 Å². The third kappa shape index (κ3) is 5.14. The molecule has 0 bridgehead atoms. The van der Waals surface area contributed by atoms with Crippen molar-refractivity contribution >= 4 is 11.6 Å². The molecule has 1 amide bonds. The second-order valence-electron chi connectivity index (χ2n) is 9.35. The molecule has 7 heteroatoms. The van der Waals surface area contributed by atoms with Crippen molar-refractivity contribution in [2.75, 3.05) is 25.0 Å². The van der Waals surface area contributed by atoms with E-state index in [1.54, 1.807) is 0 Å². The fourth-order valence-corrected chi connectivity index (χ4v) is 4.36. The van der Waals surface area contributed by atoms with E-state index in [9.17, 15) is 18.0 Å². The van der Waals surface area contributed by atoms with Gasteiger partial charge in [-0.3, -0.25) is 4.79 Å². The van der Waals surface area contributed by atoms with Crippen LogP contribution in [0.2, 0.25) is 0 Å². The third-order valence-electron chi connectivity index (χ3n) is 6.12. The van der Waals surface area contributed by atoms with Gasteiger partial charge in [-0.2, -0.15) is 13.2 Å². The van der Waals surface area contributed by atoms with Crippen LogP contribution in [0.1, 0.15) is 73.9 Å². The average Bonchev–Trinajstić information content (AvgIpc) is 3.05. The molecular formula is C24H32F3N3O. The molecule has 0 spiro atoms. The van der Waals surface area contributed by atoms with Gasteiger partial charge in [0, 0.05) is 41.6 Å². The highest BCUT2D eigenvalue weighted by atomic mass is 19.4. The van der Waals surface area contributed by atoms with Crippen molar-refractivity contribution in [1.29, 1.82) is 0 Å². The monoisotopic (exact) mass is 435 g/mol. The summed E-state index contributed by atoms with van der Waals surface area (Å²) in [5, 5.41) is 2.66. The van der Waals surface area contributed by atoms with Gasteiger partial charge >= 0.3 is 6.18 Å². The number of hydrogen-bond donors (Lipinski definition) is 1. The lowest BCUT2D eigenvalue weighted by Crippen LogP contribution is -2.36. The molecule has 1 N–H and O–H groups in total. The molecule has 2 heterocycles. The maximum atomic E-state index is 13.1. The van der Waals surface area contributed by atoms with Gasteiger partial charge in [0.2, 0.25) is 0 Å². The predicted octanol–water partition coefficient (Wildman–Crippen LogP) is 6.02. The van der Waals surface area contributed by atoms with Crippen LogP contribution in [0.15, 0.2) is 30.3 Å². The third-order valence-corrected chi connectivity index (χ3v) is 6.12. The Hall–Kier alpha value is -2.28. The van der Waals surface area contributed by atoms with Gasteiger partial charge in [-0.15, -0.1) is 0 Å². The molecule has 1 aromatic carbocycles. The van der Waals surface area contributed by atoms with Gasteiger partial charge in [0.25, 0.3) is 5.91 Å². The van der Waals surface area contributed by atoms with E-state index in [1.807, 2.05) is 13.0 Å². The number of carbonyl (C=O) groups is 1. The Morgan fingerprint density at radius 3 is 2.32 bits per heavy atom. The quantitative estimate of drug-likeness (QED) is 0.637. The van der Waals surface area contributed by atoms with E-state index in [2.05, 4.69) is 42.5 Å². The molecule has 0 aliphatic carbocycles. The van der Waals surface area contributed by atoms with Gasteiger partial charge in [-0.1, -0.05) is 33.8 Å². The van der Waals surface area contributed by atoms with Crippen molar-refractivity contribution in [2.24, 2.45) is 0 Å². The molecular weight excluding hydrogens is 403 g/mol. The minimum absolute atomic E-state index is 0.139. The molecule has 0 unspecified atom stereocenters.